The quantitative estimate of drug-likeness (QED) is 0.439. The number of carboxylic acids is 1. The molecule has 0 aliphatic carbocycles. The van der Waals surface area contributed by atoms with E-state index in [1.807, 2.05) is 4.90 Å². The van der Waals surface area contributed by atoms with Gasteiger partial charge in [0.2, 0.25) is 0 Å². The molecule has 1 aliphatic heterocycles. The van der Waals surface area contributed by atoms with Crippen LogP contribution in [0.4, 0.5) is 5.82 Å². The first-order valence-electron chi connectivity index (χ1n) is 5.65. The van der Waals surface area contributed by atoms with Crippen LogP contribution in [0, 0.1) is 6.33 Å². The standard InChI is InChI=1S/C8H10N3O2.C3H6O2.Na/c12-8-5-7(9-6-10-8)11-1-3-13-4-2-11;1-2-3(4)5;/h5H,1-4H2,(H,9,10,12);2H2,1H3,(H,4,5);/q-1;;+1. The number of aliphatic carboxylic acids is 1. The van der Waals surface area contributed by atoms with E-state index in [0.717, 1.165) is 13.1 Å². The Bertz CT molecular complexity index is 432. The number of H-pyrrole nitrogens is 1. The van der Waals surface area contributed by atoms with Gasteiger partial charge in [-0.2, -0.15) is 0 Å². The Kier molecular flexibility index (Phi) is 9.50. The summed E-state index contributed by atoms with van der Waals surface area (Å²) >= 11 is 0. The summed E-state index contributed by atoms with van der Waals surface area (Å²) in [6.07, 6.45) is 2.68. The molecule has 1 aliphatic rings. The Morgan fingerprint density at radius 1 is 1.58 bits per heavy atom. The number of carbonyl (C=O) groups is 1. The number of hydrogen-bond donors (Lipinski definition) is 2. The Morgan fingerprint density at radius 2 is 2.16 bits per heavy atom. The SMILES string of the molecule is CCC(=O)O.O=c1cc(N2CCOCC2)n[c-][nH]1.[Na+]. The average molecular weight is 277 g/mol. The smallest absolute Gasteiger partial charge is 0.481 e. The van der Waals surface area contributed by atoms with Crippen LogP contribution in [0.5, 0.6) is 0 Å². The van der Waals surface area contributed by atoms with E-state index in [2.05, 4.69) is 16.3 Å². The monoisotopic (exact) mass is 277 g/mol. The second-order valence-electron chi connectivity index (χ2n) is 3.56. The van der Waals surface area contributed by atoms with Gasteiger partial charge in [-0.1, -0.05) is 13.0 Å². The van der Waals surface area contributed by atoms with Crippen molar-refractivity contribution in [1.29, 1.82) is 0 Å². The number of morpholine rings is 1. The fourth-order valence-corrected chi connectivity index (χ4v) is 1.28. The zero-order chi connectivity index (χ0) is 13.4. The molecule has 0 spiro atoms. The second kappa shape index (κ2) is 9.96. The number of aromatic nitrogens is 2. The van der Waals surface area contributed by atoms with Crippen molar-refractivity contribution in [2.24, 2.45) is 0 Å². The van der Waals surface area contributed by atoms with Gasteiger partial charge in [-0.15, -0.1) is 0 Å². The van der Waals surface area contributed by atoms with Crippen LogP contribution in [0.2, 0.25) is 0 Å². The van der Waals surface area contributed by atoms with E-state index in [0.29, 0.717) is 19.0 Å². The van der Waals surface area contributed by atoms with E-state index in [9.17, 15) is 9.59 Å². The molecular weight excluding hydrogens is 261 g/mol. The molecule has 0 bridgehead atoms. The zero-order valence-electron chi connectivity index (χ0n) is 11.2. The molecule has 0 amide bonds. The molecule has 0 atom stereocenters. The summed E-state index contributed by atoms with van der Waals surface area (Å²) in [5.74, 6) is -0.0722. The van der Waals surface area contributed by atoms with Crippen molar-refractivity contribution in [3.8, 4) is 0 Å². The molecule has 2 rings (SSSR count). The van der Waals surface area contributed by atoms with Gasteiger partial charge in [0.1, 0.15) is 5.56 Å². The predicted octanol–water partition coefficient (Wildman–Crippen LogP) is -3.11. The summed E-state index contributed by atoms with van der Waals surface area (Å²) in [6, 6.07) is 1.47. The molecule has 100 valence electrons. The number of carboxylic acid groups (broad SMARTS) is 1. The van der Waals surface area contributed by atoms with E-state index >= 15 is 0 Å². The molecule has 2 heterocycles. The van der Waals surface area contributed by atoms with Crippen LogP contribution in [0.25, 0.3) is 0 Å². The second-order valence-corrected chi connectivity index (χ2v) is 3.56. The minimum Gasteiger partial charge on any atom is -0.481 e. The number of nitrogens with one attached hydrogen (secondary N) is 1. The van der Waals surface area contributed by atoms with Gasteiger partial charge >= 0.3 is 35.5 Å². The third-order valence-corrected chi connectivity index (χ3v) is 2.25. The van der Waals surface area contributed by atoms with Gasteiger partial charge < -0.3 is 29.5 Å². The van der Waals surface area contributed by atoms with Crippen molar-refractivity contribution in [1.82, 2.24) is 9.97 Å². The first kappa shape index (κ1) is 18.1. The van der Waals surface area contributed by atoms with Crippen molar-refractivity contribution in [3.05, 3.63) is 22.7 Å². The van der Waals surface area contributed by atoms with Crippen molar-refractivity contribution in [2.75, 3.05) is 31.2 Å². The molecule has 1 aromatic heterocycles. The number of anilines is 1. The van der Waals surface area contributed by atoms with Crippen LogP contribution in [0.3, 0.4) is 0 Å². The summed E-state index contributed by atoms with van der Waals surface area (Å²) in [4.78, 5) is 28.6. The Hall–Kier alpha value is -0.890. The first-order chi connectivity index (χ1) is 8.63. The maximum Gasteiger partial charge on any atom is 1.00 e. The fourth-order valence-electron chi connectivity index (χ4n) is 1.28. The largest absolute Gasteiger partial charge is 1.00 e. The van der Waals surface area contributed by atoms with Gasteiger partial charge in [-0.25, -0.2) is 0 Å². The molecule has 1 fully saturated rings. The number of ether oxygens (including phenoxy) is 1. The molecule has 1 saturated heterocycles. The van der Waals surface area contributed by atoms with Crippen molar-refractivity contribution in [2.45, 2.75) is 13.3 Å². The van der Waals surface area contributed by atoms with Gasteiger partial charge in [0, 0.05) is 31.7 Å². The third-order valence-electron chi connectivity index (χ3n) is 2.25. The van der Waals surface area contributed by atoms with E-state index in [1.165, 1.54) is 6.07 Å². The average Bonchev–Trinajstić information content (AvgIpc) is 2.40. The molecular formula is C11H16N3NaO4. The number of rotatable bonds is 2. The van der Waals surface area contributed by atoms with Crippen LogP contribution in [-0.2, 0) is 9.53 Å². The van der Waals surface area contributed by atoms with Crippen molar-refractivity contribution >= 4 is 11.8 Å². The normalized spacial score (nSPS) is 13.8. The van der Waals surface area contributed by atoms with Crippen molar-refractivity contribution in [3.63, 3.8) is 0 Å². The Balaban J connectivity index is 0.000000471. The molecule has 8 heteroatoms. The number of nitrogens with zero attached hydrogens (tertiary/aromatic N) is 2. The van der Waals surface area contributed by atoms with Gasteiger partial charge in [0.25, 0.3) is 0 Å². The van der Waals surface area contributed by atoms with E-state index in [4.69, 9.17) is 9.84 Å². The van der Waals surface area contributed by atoms with E-state index in [1.54, 1.807) is 6.92 Å². The van der Waals surface area contributed by atoms with Crippen LogP contribution in [0.1, 0.15) is 13.3 Å². The van der Waals surface area contributed by atoms with Crippen LogP contribution in [-0.4, -0.2) is 47.3 Å². The molecule has 1 aromatic rings. The summed E-state index contributed by atoms with van der Waals surface area (Å²) in [5.41, 5.74) is -0.170. The summed E-state index contributed by atoms with van der Waals surface area (Å²) in [7, 11) is 0. The third kappa shape index (κ3) is 7.31. The Labute approximate surface area is 133 Å². The molecule has 7 nitrogen and oxygen atoms in total. The maximum absolute atomic E-state index is 10.9. The van der Waals surface area contributed by atoms with Crippen LogP contribution >= 0.6 is 0 Å². The minimum absolute atomic E-state index is 0. The van der Waals surface area contributed by atoms with Gasteiger partial charge in [0.05, 0.1) is 13.2 Å². The molecule has 2 N–H and O–H groups in total. The zero-order valence-corrected chi connectivity index (χ0v) is 13.2. The van der Waals surface area contributed by atoms with E-state index < -0.39 is 5.97 Å². The maximum atomic E-state index is 10.9. The summed E-state index contributed by atoms with van der Waals surface area (Å²) in [5, 5.41) is 7.72. The molecule has 19 heavy (non-hydrogen) atoms. The van der Waals surface area contributed by atoms with Crippen LogP contribution < -0.4 is 40.0 Å². The van der Waals surface area contributed by atoms with Gasteiger partial charge in [-0.05, 0) is 0 Å². The predicted molar refractivity (Wildman–Crippen MR) is 64.7 cm³/mol. The van der Waals surface area contributed by atoms with Gasteiger partial charge in [0.15, 0.2) is 0 Å². The van der Waals surface area contributed by atoms with Crippen LogP contribution in [0.15, 0.2) is 10.9 Å². The number of aromatic amines is 1. The Morgan fingerprint density at radius 3 is 2.63 bits per heavy atom. The fraction of sp³-hybridized carbons (Fsp3) is 0.545. The number of hydrogen-bond acceptors (Lipinski definition) is 5. The van der Waals surface area contributed by atoms with E-state index in [-0.39, 0.29) is 41.5 Å². The molecule has 0 unspecified atom stereocenters. The van der Waals surface area contributed by atoms with Crippen molar-refractivity contribution < 1.29 is 44.2 Å². The summed E-state index contributed by atoms with van der Waals surface area (Å²) in [6.45, 7) is 4.54. The molecule has 0 radical (unpaired) electrons. The molecule has 0 saturated carbocycles. The summed E-state index contributed by atoms with van der Waals surface area (Å²) < 4.78 is 5.19. The first-order valence-corrected chi connectivity index (χ1v) is 5.65. The minimum atomic E-state index is -0.745. The molecule has 0 aromatic carbocycles. The van der Waals surface area contributed by atoms with Gasteiger partial charge in [-0.3, -0.25) is 4.79 Å². The topological polar surface area (TPSA) is 95.5 Å².